The number of carbonyl (C=O) groups excluding carboxylic acids is 1. The van der Waals surface area contributed by atoms with Crippen LogP contribution in [0.5, 0.6) is 0 Å². The first-order valence-electron chi connectivity index (χ1n) is 9.35. The molecule has 0 unspecified atom stereocenters. The fourth-order valence-corrected chi connectivity index (χ4v) is 2.98. The molecule has 0 saturated heterocycles. The van der Waals surface area contributed by atoms with Gasteiger partial charge < -0.3 is 10.6 Å². The van der Waals surface area contributed by atoms with Crippen LogP contribution in [0.15, 0.2) is 60.9 Å². The number of nitrogens with zero attached hydrogens (tertiary/aromatic N) is 2. The number of para-hydroxylation sites is 1. The highest BCUT2D eigenvalue weighted by Gasteiger charge is 2.19. The molecule has 2 aromatic carbocycles. The molecule has 3 rings (SSSR count). The number of aromatic nitrogens is 2. The van der Waals surface area contributed by atoms with Crippen molar-refractivity contribution in [3.63, 3.8) is 0 Å². The van der Waals surface area contributed by atoms with E-state index >= 15 is 0 Å². The van der Waals surface area contributed by atoms with Gasteiger partial charge in [-0.15, -0.1) is 0 Å². The summed E-state index contributed by atoms with van der Waals surface area (Å²) in [6.07, 6.45) is 3.08. The van der Waals surface area contributed by atoms with Gasteiger partial charge in [0.05, 0.1) is 5.56 Å². The summed E-state index contributed by atoms with van der Waals surface area (Å²) >= 11 is 0. The van der Waals surface area contributed by atoms with Crippen molar-refractivity contribution >= 4 is 17.5 Å². The highest BCUT2D eigenvalue weighted by Crippen LogP contribution is 2.29. The lowest BCUT2D eigenvalue weighted by molar-refractivity contribution is 0.102. The van der Waals surface area contributed by atoms with Gasteiger partial charge >= 0.3 is 0 Å². The molecule has 0 bridgehead atoms. The van der Waals surface area contributed by atoms with Gasteiger partial charge in [-0.25, -0.2) is 9.97 Å². The molecule has 0 fully saturated rings. The number of hydrogen-bond donors (Lipinski definition) is 2. The van der Waals surface area contributed by atoms with Crippen LogP contribution in [0.3, 0.4) is 0 Å². The van der Waals surface area contributed by atoms with Crippen LogP contribution in [-0.2, 0) is 12.0 Å². The van der Waals surface area contributed by atoms with Crippen LogP contribution in [0, 0.1) is 6.92 Å². The van der Waals surface area contributed by atoms with E-state index in [-0.39, 0.29) is 11.3 Å². The first kappa shape index (κ1) is 19.5. The Hall–Kier alpha value is -3.21. The molecular weight excluding hydrogens is 348 g/mol. The molecular formula is C23H26N4O. The molecule has 0 radical (unpaired) electrons. The summed E-state index contributed by atoms with van der Waals surface area (Å²) in [6.45, 7) is 9.05. The maximum atomic E-state index is 12.6. The molecule has 0 spiro atoms. The summed E-state index contributed by atoms with van der Waals surface area (Å²) in [6, 6.07) is 16.1. The van der Waals surface area contributed by atoms with Crippen LogP contribution in [0.25, 0.3) is 0 Å². The lowest BCUT2D eigenvalue weighted by Crippen LogP contribution is -2.19. The molecule has 3 aromatic rings. The van der Waals surface area contributed by atoms with Gasteiger partial charge in [-0.1, -0.05) is 68.8 Å². The third kappa shape index (κ3) is 4.94. The molecule has 1 heterocycles. The predicted octanol–water partition coefficient (Wildman–Crippen LogP) is 4.95. The lowest BCUT2D eigenvalue weighted by atomic mass is 9.86. The standard InChI is InChI=1S/C23H26N4O/c1-16-8-7-9-17(12-16)13-24-22-25-14-18(15-26-22)21(28)27-20-11-6-5-10-19(20)23(2,3)4/h5-12,14-15H,13H2,1-4H3,(H,27,28)(H,24,25,26). The molecule has 1 aromatic heterocycles. The topological polar surface area (TPSA) is 66.9 Å². The highest BCUT2D eigenvalue weighted by atomic mass is 16.1. The predicted molar refractivity (Wildman–Crippen MR) is 114 cm³/mol. The van der Waals surface area contributed by atoms with E-state index in [1.807, 2.05) is 30.3 Å². The Balaban J connectivity index is 1.66. The highest BCUT2D eigenvalue weighted by molar-refractivity contribution is 6.04. The summed E-state index contributed by atoms with van der Waals surface area (Å²) < 4.78 is 0. The van der Waals surface area contributed by atoms with Gasteiger partial charge in [0.2, 0.25) is 5.95 Å². The van der Waals surface area contributed by atoms with E-state index in [9.17, 15) is 4.79 Å². The average Bonchev–Trinajstić information content (AvgIpc) is 2.66. The fraction of sp³-hybridized carbons (Fsp3) is 0.261. The van der Waals surface area contributed by atoms with E-state index in [1.165, 1.54) is 5.56 Å². The zero-order valence-corrected chi connectivity index (χ0v) is 16.8. The van der Waals surface area contributed by atoms with Crippen LogP contribution < -0.4 is 10.6 Å². The second kappa shape index (κ2) is 8.21. The molecule has 0 aliphatic heterocycles. The number of aryl methyl sites for hydroxylation is 1. The molecule has 5 nitrogen and oxygen atoms in total. The Morgan fingerprint density at radius 3 is 2.39 bits per heavy atom. The van der Waals surface area contributed by atoms with E-state index in [4.69, 9.17) is 0 Å². The summed E-state index contributed by atoms with van der Waals surface area (Å²) in [5.74, 6) is 0.273. The maximum Gasteiger partial charge on any atom is 0.258 e. The van der Waals surface area contributed by atoms with Gasteiger partial charge in [0.25, 0.3) is 5.91 Å². The number of nitrogens with one attached hydrogen (secondary N) is 2. The Labute approximate surface area is 166 Å². The number of carbonyl (C=O) groups is 1. The van der Waals surface area contributed by atoms with Crippen molar-refractivity contribution in [1.82, 2.24) is 9.97 Å². The van der Waals surface area contributed by atoms with Crippen LogP contribution in [-0.4, -0.2) is 15.9 Å². The van der Waals surface area contributed by atoms with Crippen molar-refractivity contribution in [3.05, 3.63) is 83.2 Å². The van der Waals surface area contributed by atoms with E-state index in [2.05, 4.69) is 66.5 Å². The zero-order chi connectivity index (χ0) is 20.1. The molecule has 0 aliphatic carbocycles. The lowest BCUT2D eigenvalue weighted by Gasteiger charge is -2.23. The average molecular weight is 374 g/mol. The van der Waals surface area contributed by atoms with Gasteiger partial charge in [-0.2, -0.15) is 0 Å². The maximum absolute atomic E-state index is 12.6. The van der Waals surface area contributed by atoms with Crippen molar-refractivity contribution < 1.29 is 4.79 Å². The monoisotopic (exact) mass is 374 g/mol. The van der Waals surface area contributed by atoms with Gasteiger partial charge in [0, 0.05) is 24.6 Å². The van der Waals surface area contributed by atoms with Gasteiger partial charge in [0.15, 0.2) is 0 Å². The van der Waals surface area contributed by atoms with Crippen molar-refractivity contribution in [2.45, 2.75) is 39.7 Å². The van der Waals surface area contributed by atoms with Crippen molar-refractivity contribution in [1.29, 1.82) is 0 Å². The Morgan fingerprint density at radius 1 is 1.00 bits per heavy atom. The number of rotatable bonds is 5. The van der Waals surface area contributed by atoms with Crippen LogP contribution >= 0.6 is 0 Å². The third-order valence-electron chi connectivity index (χ3n) is 4.43. The minimum atomic E-state index is -0.220. The second-order valence-electron chi connectivity index (χ2n) is 7.89. The Kier molecular flexibility index (Phi) is 5.73. The summed E-state index contributed by atoms with van der Waals surface area (Å²) in [7, 11) is 0. The van der Waals surface area contributed by atoms with E-state index in [0.29, 0.717) is 18.1 Å². The van der Waals surface area contributed by atoms with Gasteiger partial charge in [0.1, 0.15) is 0 Å². The van der Waals surface area contributed by atoms with Crippen LogP contribution in [0.2, 0.25) is 0 Å². The van der Waals surface area contributed by atoms with Crippen molar-refractivity contribution in [3.8, 4) is 0 Å². The first-order valence-corrected chi connectivity index (χ1v) is 9.35. The van der Waals surface area contributed by atoms with Crippen molar-refractivity contribution in [2.75, 3.05) is 10.6 Å². The van der Waals surface area contributed by atoms with Gasteiger partial charge in [-0.3, -0.25) is 4.79 Å². The number of hydrogen-bond acceptors (Lipinski definition) is 4. The smallest absolute Gasteiger partial charge is 0.258 e. The molecule has 1 amide bonds. The third-order valence-corrected chi connectivity index (χ3v) is 4.43. The van der Waals surface area contributed by atoms with Gasteiger partial charge in [-0.05, 0) is 29.5 Å². The molecule has 144 valence electrons. The van der Waals surface area contributed by atoms with Crippen LogP contribution in [0.1, 0.15) is 47.8 Å². The largest absolute Gasteiger partial charge is 0.350 e. The summed E-state index contributed by atoms with van der Waals surface area (Å²) in [4.78, 5) is 21.1. The molecule has 5 heteroatoms. The second-order valence-corrected chi connectivity index (χ2v) is 7.89. The normalized spacial score (nSPS) is 11.1. The Bertz CT molecular complexity index is 959. The number of amides is 1. The van der Waals surface area contributed by atoms with Crippen molar-refractivity contribution in [2.24, 2.45) is 0 Å². The number of anilines is 2. The van der Waals surface area contributed by atoms with E-state index < -0.39 is 0 Å². The molecule has 28 heavy (non-hydrogen) atoms. The molecule has 0 atom stereocenters. The number of benzene rings is 2. The fourth-order valence-electron chi connectivity index (χ4n) is 2.98. The van der Waals surface area contributed by atoms with E-state index in [1.54, 1.807) is 12.4 Å². The summed E-state index contributed by atoms with van der Waals surface area (Å²) in [5.41, 5.74) is 4.61. The quantitative estimate of drug-likeness (QED) is 0.663. The SMILES string of the molecule is Cc1cccc(CNc2ncc(C(=O)Nc3ccccc3C(C)(C)C)cn2)c1. The molecule has 0 saturated carbocycles. The zero-order valence-electron chi connectivity index (χ0n) is 16.8. The Morgan fingerprint density at radius 2 is 1.71 bits per heavy atom. The minimum Gasteiger partial charge on any atom is -0.350 e. The first-order chi connectivity index (χ1) is 13.3. The van der Waals surface area contributed by atoms with E-state index in [0.717, 1.165) is 16.8 Å². The van der Waals surface area contributed by atoms with Crippen LogP contribution in [0.4, 0.5) is 11.6 Å². The molecule has 2 N–H and O–H groups in total. The summed E-state index contributed by atoms with van der Waals surface area (Å²) in [5, 5.41) is 6.16. The minimum absolute atomic E-state index is 0.0655. The molecule has 0 aliphatic rings.